The second kappa shape index (κ2) is 5.08. The number of hydrogen-bond donors (Lipinski definition) is 1. The highest BCUT2D eigenvalue weighted by atomic mass is 19.1. The van der Waals surface area contributed by atoms with Crippen LogP contribution in [0.15, 0.2) is 42.7 Å². The molecular formula is C17H17FN2. The molecule has 20 heavy (non-hydrogen) atoms. The van der Waals surface area contributed by atoms with Crippen molar-refractivity contribution in [2.45, 2.75) is 20.3 Å². The van der Waals surface area contributed by atoms with Gasteiger partial charge >= 0.3 is 0 Å². The van der Waals surface area contributed by atoms with Crippen LogP contribution in [0.4, 0.5) is 4.39 Å². The topological polar surface area (TPSA) is 28.7 Å². The highest BCUT2D eigenvalue weighted by molar-refractivity contribution is 5.96. The number of nitrogens with one attached hydrogen (secondary N) is 1. The van der Waals surface area contributed by atoms with E-state index in [0.29, 0.717) is 11.5 Å². The Morgan fingerprint density at radius 2 is 2.15 bits per heavy atom. The predicted octanol–water partition coefficient (Wildman–Crippen LogP) is 4.36. The predicted molar refractivity (Wildman–Crippen MR) is 79.5 cm³/mol. The van der Waals surface area contributed by atoms with Gasteiger partial charge in [-0.3, -0.25) is 5.10 Å². The monoisotopic (exact) mass is 268 g/mol. The van der Waals surface area contributed by atoms with Gasteiger partial charge in [0.1, 0.15) is 5.82 Å². The van der Waals surface area contributed by atoms with Gasteiger partial charge in [0, 0.05) is 11.8 Å². The number of rotatable bonds is 2. The van der Waals surface area contributed by atoms with Crippen LogP contribution in [-0.2, 0) is 0 Å². The quantitative estimate of drug-likeness (QED) is 0.861. The average Bonchev–Trinajstić information content (AvgIpc) is 2.96. The Balaban J connectivity index is 2.14. The number of halogens is 1. The van der Waals surface area contributed by atoms with E-state index >= 15 is 0 Å². The Morgan fingerprint density at radius 1 is 1.30 bits per heavy atom. The zero-order valence-electron chi connectivity index (χ0n) is 11.7. The standard InChI is InChI=1S/C17H17FN2/c1-11-3-5-15(14-9-19-20-10-14)16(7-11)13-4-6-17(18)12(2)8-13/h3-6,8-11H,7H2,1-2H3,(H,19,20). The van der Waals surface area contributed by atoms with Gasteiger partial charge in [0.05, 0.1) is 6.20 Å². The van der Waals surface area contributed by atoms with Gasteiger partial charge in [-0.25, -0.2) is 4.39 Å². The first-order chi connectivity index (χ1) is 9.65. The van der Waals surface area contributed by atoms with Crippen molar-refractivity contribution in [1.29, 1.82) is 0 Å². The molecule has 0 radical (unpaired) electrons. The summed E-state index contributed by atoms with van der Waals surface area (Å²) in [5.41, 5.74) is 5.28. The van der Waals surface area contributed by atoms with E-state index < -0.39 is 0 Å². The van der Waals surface area contributed by atoms with Crippen LogP contribution in [0.25, 0.3) is 11.1 Å². The van der Waals surface area contributed by atoms with Crippen molar-refractivity contribution in [1.82, 2.24) is 10.2 Å². The van der Waals surface area contributed by atoms with Gasteiger partial charge in [0.15, 0.2) is 0 Å². The fourth-order valence-corrected chi connectivity index (χ4v) is 2.64. The van der Waals surface area contributed by atoms with Crippen molar-refractivity contribution >= 4 is 11.1 Å². The maximum absolute atomic E-state index is 13.5. The molecule has 0 fully saturated rings. The number of nitrogens with zero attached hydrogens (tertiary/aromatic N) is 1. The van der Waals surface area contributed by atoms with Crippen molar-refractivity contribution in [3.8, 4) is 0 Å². The lowest BCUT2D eigenvalue weighted by Gasteiger charge is -2.20. The third-order valence-electron chi connectivity index (χ3n) is 3.76. The van der Waals surface area contributed by atoms with Crippen molar-refractivity contribution < 1.29 is 4.39 Å². The van der Waals surface area contributed by atoms with Crippen molar-refractivity contribution in [3.63, 3.8) is 0 Å². The Hall–Kier alpha value is -2.16. The molecule has 0 amide bonds. The molecule has 1 aromatic carbocycles. The van der Waals surface area contributed by atoms with Crippen LogP contribution >= 0.6 is 0 Å². The summed E-state index contributed by atoms with van der Waals surface area (Å²) in [5, 5.41) is 6.88. The van der Waals surface area contributed by atoms with E-state index in [4.69, 9.17) is 0 Å². The maximum atomic E-state index is 13.5. The van der Waals surface area contributed by atoms with Gasteiger partial charge in [-0.15, -0.1) is 0 Å². The molecule has 0 saturated carbocycles. The second-order valence-electron chi connectivity index (χ2n) is 5.38. The second-order valence-corrected chi connectivity index (χ2v) is 5.38. The molecule has 1 aliphatic rings. The zero-order valence-corrected chi connectivity index (χ0v) is 11.7. The van der Waals surface area contributed by atoms with Gasteiger partial charge in [-0.2, -0.15) is 5.10 Å². The van der Waals surface area contributed by atoms with Gasteiger partial charge in [-0.1, -0.05) is 25.1 Å². The Labute approximate surface area is 118 Å². The van der Waals surface area contributed by atoms with Crippen LogP contribution in [-0.4, -0.2) is 10.2 Å². The highest BCUT2D eigenvalue weighted by Crippen LogP contribution is 2.36. The van der Waals surface area contributed by atoms with Gasteiger partial charge < -0.3 is 0 Å². The molecule has 1 aromatic heterocycles. The van der Waals surface area contributed by atoms with Gasteiger partial charge in [0.25, 0.3) is 0 Å². The number of allylic oxidation sites excluding steroid dienone is 4. The first kappa shape index (κ1) is 12.9. The summed E-state index contributed by atoms with van der Waals surface area (Å²) in [6, 6.07) is 5.34. The molecule has 1 heterocycles. The number of H-pyrrole nitrogens is 1. The van der Waals surface area contributed by atoms with E-state index in [0.717, 1.165) is 17.5 Å². The minimum Gasteiger partial charge on any atom is -0.285 e. The van der Waals surface area contributed by atoms with E-state index in [2.05, 4.69) is 29.3 Å². The molecule has 2 aromatic rings. The summed E-state index contributed by atoms with van der Waals surface area (Å²) in [6.07, 6.45) is 9.04. The van der Waals surface area contributed by atoms with Crippen molar-refractivity contribution in [2.24, 2.45) is 5.92 Å². The van der Waals surface area contributed by atoms with E-state index in [1.54, 1.807) is 13.0 Å². The lowest BCUT2D eigenvalue weighted by molar-refractivity contribution is 0.618. The maximum Gasteiger partial charge on any atom is 0.126 e. The normalized spacial score (nSPS) is 18.6. The summed E-state index contributed by atoms with van der Waals surface area (Å²) in [5.74, 6) is 0.338. The molecule has 1 unspecified atom stereocenters. The smallest absolute Gasteiger partial charge is 0.126 e. The van der Waals surface area contributed by atoms with Crippen LogP contribution in [0.1, 0.15) is 30.0 Å². The molecule has 0 saturated heterocycles. The summed E-state index contributed by atoms with van der Waals surface area (Å²) >= 11 is 0. The summed E-state index contributed by atoms with van der Waals surface area (Å²) < 4.78 is 13.5. The van der Waals surface area contributed by atoms with Crippen LogP contribution in [0, 0.1) is 18.7 Å². The third-order valence-corrected chi connectivity index (χ3v) is 3.76. The van der Waals surface area contributed by atoms with Gasteiger partial charge in [0.2, 0.25) is 0 Å². The Morgan fingerprint density at radius 3 is 2.85 bits per heavy atom. The van der Waals surface area contributed by atoms with Crippen LogP contribution in [0.3, 0.4) is 0 Å². The van der Waals surface area contributed by atoms with Crippen LogP contribution in [0.5, 0.6) is 0 Å². The fourth-order valence-electron chi connectivity index (χ4n) is 2.64. The van der Waals surface area contributed by atoms with E-state index in [-0.39, 0.29) is 5.82 Å². The first-order valence-electron chi connectivity index (χ1n) is 6.82. The Bertz CT molecular complexity index is 681. The Kier molecular flexibility index (Phi) is 3.26. The molecule has 0 bridgehead atoms. The SMILES string of the molecule is Cc1cc(C2=C(c3cn[nH]c3)C=CC(C)C2)ccc1F. The molecule has 1 atom stereocenters. The summed E-state index contributed by atoms with van der Waals surface area (Å²) in [6.45, 7) is 4.00. The number of benzene rings is 1. The van der Waals surface area contributed by atoms with Crippen molar-refractivity contribution in [2.75, 3.05) is 0 Å². The molecule has 1 N–H and O–H groups in total. The van der Waals surface area contributed by atoms with E-state index in [1.165, 1.54) is 11.1 Å². The average molecular weight is 268 g/mol. The third kappa shape index (κ3) is 2.31. The number of aromatic nitrogens is 2. The zero-order chi connectivity index (χ0) is 14.1. The number of hydrogen-bond acceptors (Lipinski definition) is 1. The number of aromatic amines is 1. The molecule has 2 nitrogen and oxygen atoms in total. The van der Waals surface area contributed by atoms with Crippen LogP contribution in [0.2, 0.25) is 0 Å². The molecule has 1 aliphatic carbocycles. The number of aryl methyl sites for hydroxylation is 1. The minimum absolute atomic E-state index is 0.154. The molecule has 0 aliphatic heterocycles. The molecule has 102 valence electrons. The van der Waals surface area contributed by atoms with Crippen LogP contribution < -0.4 is 0 Å². The minimum atomic E-state index is -0.154. The molecule has 3 rings (SSSR count). The molecular weight excluding hydrogens is 251 g/mol. The largest absolute Gasteiger partial charge is 0.285 e. The molecule has 0 spiro atoms. The molecule has 3 heteroatoms. The fraction of sp³-hybridized carbons (Fsp3) is 0.235. The van der Waals surface area contributed by atoms with E-state index in [1.807, 2.05) is 24.5 Å². The lowest BCUT2D eigenvalue weighted by Crippen LogP contribution is -2.02. The highest BCUT2D eigenvalue weighted by Gasteiger charge is 2.17. The summed E-state index contributed by atoms with van der Waals surface area (Å²) in [4.78, 5) is 0. The van der Waals surface area contributed by atoms with Gasteiger partial charge in [-0.05, 0) is 53.7 Å². The lowest BCUT2D eigenvalue weighted by atomic mass is 9.84. The van der Waals surface area contributed by atoms with E-state index in [9.17, 15) is 4.39 Å². The summed E-state index contributed by atoms with van der Waals surface area (Å²) in [7, 11) is 0. The first-order valence-corrected chi connectivity index (χ1v) is 6.82. The van der Waals surface area contributed by atoms with Crippen molar-refractivity contribution in [3.05, 3.63) is 65.3 Å².